The van der Waals surface area contributed by atoms with Gasteiger partial charge in [-0.15, -0.1) is 0 Å². The molecule has 0 fully saturated rings. The van der Waals surface area contributed by atoms with Crippen molar-refractivity contribution < 1.29 is 13.5 Å². The number of alkyl halides is 2. The Hall–Kier alpha value is -1.00. The predicted octanol–water partition coefficient (Wildman–Crippen LogP) is 2.97. The Bertz CT molecular complexity index is 329. The number of hydrogen-bond donors (Lipinski definition) is 1. The first-order valence-electron chi connectivity index (χ1n) is 5.75. The molecule has 0 aliphatic rings. The lowest BCUT2D eigenvalue weighted by atomic mass is 10.1. The molecule has 0 heterocycles. The third-order valence-electron chi connectivity index (χ3n) is 2.32. The van der Waals surface area contributed by atoms with Gasteiger partial charge in [0.25, 0.3) is 6.43 Å². The zero-order valence-electron chi connectivity index (χ0n) is 10.2. The first-order valence-corrected chi connectivity index (χ1v) is 5.75. The fourth-order valence-electron chi connectivity index (χ4n) is 1.44. The Labute approximate surface area is 101 Å². The van der Waals surface area contributed by atoms with Gasteiger partial charge in [0, 0.05) is 12.6 Å². The lowest BCUT2D eigenvalue weighted by Crippen LogP contribution is -2.22. The SMILES string of the molecule is CC(C)NCc1ccccc1COCC(F)F. The van der Waals surface area contributed by atoms with Crippen molar-refractivity contribution in [3.8, 4) is 0 Å². The minimum Gasteiger partial charge on any atom is -0.371 e. The molecule has 0 saturated heterocycles. The molecule has 2 nitrogen and oxygen atoms in total. The van der Waals surface area contributed by atoms with Crippen LogP contribution in [-0.4, -0.2) is 19.1 Å². The third-order valence-corrected chi connectivity index (χ3v) is 2.32. The van der Waals surface area contributed by atoms with Crippen LogP contribution >= 0.6 is 0 Å². The van der Waals surface area contributed by atoms with Crippen LogP contribution in [0.2, 0.25) is 0 Å². The standard InChI is InChI=1S/C13H19F2NO/c1-10(2)16-7-11-5-3-4-6-12(11)8-17-9-13(14)15/h3-6,10,13,16H,7-9H2,1-2H3. The van der Waals surface area contributed by atoms with Gasteiger partial charge in [0.2, 0.25) is 0 Å². The molecule has 1 aromatic carbocycles. The van der Waals surface area contributed by atoms with Gasteiger partial charge in [-0.2, -0.15) is 0 Å². The molecule has 17 heavy (non-hydrogen) atoms. The predicted molar refractivity (Wildman–Crippen MR) is 64.1 cm³/mol. The van der Waals surface area contributed by atoms with Gasteiger partial charge in [-0.1, -0.05) is 38.1 Å². The Balaban J connectivity index is 2.51. The number of hydrogen-bond acceptors (Lipinski definition) is 2. The minimum atomic E-state index is -2.41. The van der Waals surface area contributed by atoms with Crippen LogP contribution in [-0.2, 0) is 17.9 Å². The summed E-state index contributed by atoms with van der Waals surface area (Å²) in [6, 6.07) is 8.11. The molecule has 0 saturated carbocycles. The Kier molecular flexibility index (Phi) is 6.08. The van der Waals surface area contributed by atoms with Crippen LogP contribution in [0.1, 0.15) is 25.0 Å². The first-order chi connectivity index (χ1) is 8.09. The Morgan fingerprint density at radius 3 is 2.41 bits per heavy atom. The number of benzene rings is 1. The van der Waals surface area contributed by atoms with Crippen LogP contribution in [0.3, 0.4) is 0 Å². The molecule has 0 aromatic heterocycles. The molecule has 1 rings (SSSR count). The topological polar surface area (TPSA) is 21.3 Å². The Morgan fingerprint density at radius 2 is 1.82 bits per heavy atom. The van der Waals surface area contributed by atoms with E-state index in [9.17, 15) is 8.78 Å². The van der Waals surface area contributed by atoms with Crippen molar-refractivity contribution in [2.75, 3.05) is 6.61 Å². The molecule has 0 atom stereocenters. The van der Waals surface area contributed by atoms with E-state index in [1.807, 2.05) is 24.3 Å². The second-order valence-corrected chi connectivity index (χ2v) is 4.21. The van der Waals surface area contributed by atoms with Gasteiger partial charge in [-0.25, -0.2) is 8.78 Å². The van der Waals surface area contributed by atoms with Gasteiger partial charge in [-0.3, -0.25) is 0 Å². The molecule has 1 N–H and O–H groups in total. The molecular formula is C13H19F2NO. The molecule has 0 amide bonds. The molecule has 1 aromatic rings. The van der Waals surface area contributed by atoms with Crippen molar-refractivity contribution in [3.05, 3.63) is 35.4 Å². The third kappa shape index (κ3) is 5.75. The van der Waals surface area contributed by atoms with Crippen molar-refractivity contribution >= 4 is 0 Å². The second kappa shape index (κ2) is 7.35. The maximum Gasteiger partial charge on any atom is 0.261 e. The van der Waals surface area contributed by atoms with E-state index in [0.29, 0.717) is 6.04 Å². The van der Waals surface area contributed by atoms with Crippen molar-refractivity contribution in [3.63, 3.8) is 0 Å². The van der Waals surface area contributed by atoms with Gasteiger partial charge < -0.3 is 10.1 Å². The number of rotatable bonds is 7. The van der Waals surface area contributed by atoms with Gasteiger partial charge in [-0.05, 0) is 11.1 Å². The summed E-state index contributed by atoms with van der Waals surface area (Å²) in [6.45, 7) is 4.59. The summed E-state index contributed by atoms with van der Waals surface area (Å²) in [7, 11) is 0. The van der Waals surface area contributed by atoms with Crippen molar-refractivity contribution in [2.45, 2.75) is 39.5 Å². The van der Waals surface area contributed by atoms with Gasteiger partial charge in [0.05, 0.1) is 6.61 Å². The maximum atomic E-state index is 12.0. The second-order valence-electron chi connectivity index (χ2n) is 4.21. The maximum absolute atomic E-state index is 12.0. The molecule has 0 aliphatic carbocycles. The summed E-state index contributed by atoms with van der Waals surface area (Å²) < 4.78 is 28.9. The smallest absolute Gasteiger partial charge is 0.261 e. The highest BCUT2D eigenvalue weighted by Crippen LogP contribution is 2.11. The van der Waals surface area contributed by atoms with E-state index in [0.717, 1.165) is 17.7 Å². The molecular weight excluding hydrogens is 224 g/mol. The van der Waals surface area contributed by atoms with E-state index < -0.39 is 13.0 Å². The van der Waals surface area contributed by atoms with Gasteiger partial charge in [0.15, 0.2) is 0 Å². The fraction of sp³-hybridized carbons (Fsp3) is 0.538. The van der Waals surface area contributed by atoms with Crippen LogP contribution in [0.4, 0.5) is 8.78 Å². The van der Waals surface area contributed by atoms with Crippen LogP contribution in [0.15, 0.2) is 24.3 Å². The van der Waals surface area contributed by atoms with E-state index in [2.05, 4.69) is 19.2 Å². The van der Waals surface area contributed by atoms with Crippen molar-refractivity contribution in [1.29, 1.82) is 0 Å². The number of ether oxygens (including phenoxy) is 1. The lowest BCUT2D eigenvalue weighted by molar-refractivity contribution is 0.00964. The number of nitrogens with one attached hydrogen (secondary N) is 1. The minimum absolute atomic E-state index is 0.236. The number of halogens is 2. The average Bonchev–Trinajstić information content (AvgIpc) is 2.27. The monoisotopic (exact) mass is 243 g/mol. The first kappa shape index (κ1) is 14.1. The zero-order chi connectivity index (χ0) is 12.7. The van der Waals surface area contributed by atoms with Gasteiger partial charge in [0.1, 0.15) is 6.61 Å². The van der Waals surface area contributed by atoms with E-state index in [-0.39, 0.29) is 6.61 Å². The fourth-order valence-corrected chi connectivity index (χ4v) is 1.44. The summed E-state index contributed by atoms with van der Waals surface area (Å²) >= 11 is 0. The lowest BCUT2D eigenvalue weighted by Gasteiger charge is -2.12. The normalized spacial score (nSPS) is 11.4. The van der Waals surface area contributed by atoms with E-state index >= 15 is 0 Å². The molecule has 0 spiro atoms. The van der Waals surface area contributed by atoms with E-state index in [1.54, 1.807) is 0 Å². The van der Waals surface area contributed by atoms with Gasteiger partial charge >= 0.3 is 0 Å². The van der Waals surface area contributed by atoms with E-state index in [4.69, 9.17) is 4.74 Å². The largest absolute Gasteiger partial charge is 0.371 e. The Morgan fingerprint density at radius 1 is 1.18 bits per heavy atom. The van der Waals surface area contributed by atoms with Crippen LogP contribution < -0.4 is 5.32 Å². The molecule has 0 radical (unpaired) electrons. The molecule has 4 heteroatoms. The molecule has 96 valence electrons. The summed E-state index contributed by atoms with van der Waals surface area (Å²) in [5.74, 6) is 0. The summed E-state index contributed by atoms with van der Waals surface area (Å²) in [6.07, 6.45) is -2.41. The molecule has 0 aliphatic heterocycles. The highest BCUT2D eigenvalue weighted by atomic mass is 19.3. The summed E-state index contributed by atoms with van der Waals surface area (Å²) in [5.41, 5.74) is 2.05. The molecule has 0 bridgehead atoms. The molecule has 0 unspecified atom stereocenters. The summed E-state index contributed by atoms with van der Waals surface area (Å²) in [4.78, 5) is 0. The van der Waals surface area contributed by atoms with Crippen LogP contribution in [0.25, 0.3) is 0 Å². The summed E-state index contributed by atoms with van der Waals surface area (Å²) in [5, 5.41) is 3.30. The van der Waals surface area contributed by atoms with E-state index in [1.165, 1.54) is 0 Å². The van der Waals surface area contributed by atoms with Crippen LogP contribution in [0, 0.1) is 0 Å². The van der Waals surface area contributed by atoms with Crippen molar-refractivity contribution in [1.82, 2.24) is 5.32 Å². The van der Waals surface area contributed by atoms with Crippen LogP contribution in [0.5, 0.6) is 0 Å². The highest BCUT2D eigenvalue weighted by molar-refractivity contribution is 5.26. The quantitative estimate of drug-likeness (QED) is 0.795. The highest BCUT2D eigenvalue weighted by Gasteiger charge is 2.05. The van der Waals surface area contributed by atoms with Crippen molar-refractivity contribution in [2.24, 2.45) is 0 Å². The average molecular weight is 243 g/mol. The zero-order valence-corrected chi connectivity index (χ0v) is 10.2.